The van der Waals surface area contributed by atoms with Gasteiger partial charge in [0.1, 0.15) is 0 Å². The molecule has 1 N–H and O–H groups in total. The minimum atomic E-state index is -0.407. The van der Waals surface area contributed by atoms with Gasteiger partial charge >= 0.3 is 0 Å². The number of aromatic amines is 1. The molecule has 1 unspecified atom stereocenters. The van der Waals surface area contributed by atoms with E-state index in [1.165, 1.54) is 11.1 Å². The maximum absolute atomic E-state index is 13.2. The highest BCUT2D eigenvalue weighted by Crippen LogP contribution is 2.66. The normalized spacial score (nSPS) is 23.4. The van der Waals surface area contributed by atoms with E-state index in [-0.39, 0.29) is 11.8 Å². The van der Waals surface area contributed by atoms with Crippen LogP contribution >= 0.6 is 0 Å². The molecular formula is C31H30N4O2. The average Bonchev–Trinajstić information content (AvgIpc) is 3.52. The summed E-state index contributed by atoms with van der Waals surface area (Å²) in [5.74, 6) is 0.414. The number of likely N-dealkylation sites (N-methyl/N-ethyl adjacent to an activating group) is 1. The molecule has 2 atom stereocenters. The SMILES string of the molecule is CN1C(=O)[C@@]2(CC2c2ccc3c(C=Cc4ccc(CN5CCOCC5)cc4)n[nH]c3c2)c2ccccc21. The van der Waals surface area contributed by atoms with Crippen LogP contribution in [-0.4, -0.2) is 54.4 Å². The van der Waals surface area contributed by atoms with Crippen molar-refractivity contribution in [2.75, 3.05) is 38.3 Å². The van der Waals surface area contributed by atoms with Gasteiger partial charge in [-0.05, 0) is 46.9 Å². The molecule has 3 aromatic carbocycles. The second-order valence-electron chi connectivity index (χ2n) is 10.5. The number of carbonyl (C=O) groups excluding carboxylic acids is 1. The summed E-state index contributed by atoms with van der Waals surface area (Å²) in [6, 6.07) is 23.4. The van der Waals surface area contributed by atoms with Gasteiger partial charge in [0.2, 0.25) is 5.91 Å². The number of H-pyrrole nitrogens is 1. The Balaban J connectivity index is 1.08. The zero-order chi connectivity index (χ0) is 25.0. The minimum absolute atomic E-state index is 0.203. The molecule has 3 aliphatic rings. The molecule has 2 fully saturated rings. The number of nitrogens with one attached hydrogen (secondary N) is 1. The number of anilines is 1. The first-order chi connectivity index (χ1) is 18.1. The number of nitrogens with zero attached hydrogens (tertiary/aromatic N) is 3. The third-order valence-electron chi connectivity index (χ3n) is 8.34. The van der Waals surface area contributed by atoms with Crippen molar-refractivity contribution in [2.24, 2.45) is 0 Å². The fourth-order valence-electron chi connectivity index (χ4n) is 6.20. The summed E-state index contributed by atoms with van der Waals surface area (Å²) < 4.78 is 5.44. The Hall–Kier alpha value is -3.74. The Kier molecular flexibility index (Phi) is 5.27. The molecule has 2 aliphatic heterocycles. The number of hydrogen-bond donors (Lipinski definition) is 1. The largest absolute Gasteiger partial charge is 0.379 e. The number of aromatic nitrogens is 2. The van der Waals surface area contributed by atoms with Crippen LogP contribution in [0.3, 0.4) is 0 Å². The Morgan fingerprint density at radius 2 is 1.86 bits per heavy atom. The summed E-state index contributed by atoms with van der Waals surface area (Å²) in [6.07, 6.45) is 5.04. The van der Waals surface area contributed by atoms with Gasteiger partial charge in [0.15, 0.2) is 0 Å². The number of hydrogen-bond acceptors (Lipinski definition) is 4. The van der Waals surface area contributed by atoms with E-state index in [2.05, 4.69) is 75.8 Å². The molecule has 1 saturated heterocycles. The summed E-state index contributed by atoms with van der Waals surface area (Å²) in [5.41, 5.74) is 7.40. The molecule has 6 heteroatoms. The van der Waals surface area contributed by atoms with Gasteiger partial charge in [0.25, 0.3) is 0 Å². The third-order valence-corrected chi connectivity index (χ3v) is 8.34. The topological polar surface area (TPSA) is 61.5 Å². The van der Waals surface area contributed by atoms with E-state index in [9.17, 15) is 4.79 Å². The van der Waals surface area contributed by atoms with E-state index in [0.717, 1.165) is 72.7 Å². The van der Waals surface area contributed by atoms with Gasteiger partial charge in [-0.3, -0.25) is 14.8 Å². The van der Waals surface area contributed by atoms with E-state index in [0.29, 0.717) is 0 Å². The van der Waals surface area contributed by atoms with Gasteiger partial charge in [0.05, 0.1) is 29.8 Å². The zero-order valence-corrected chi connectivity index (χ0v) is 21.0. The second kappa shape index (κ2) is 8.68. The smallest absolute Gasteiger partial charge is 0.238 e. The summed E-state index contributed by atoms with van der Waals surface area (Å²) >= 11 is 0. The maximum atomic E-state index is 13.2. The molecular weight excluding hydrogens is 460 g/mol. The highest BCUT2D eigenvalue weighted by atomic mass is 16.5. The van der Waals surface area contributed by atoms with E-state index in [1.807, 2.05) is 30.1 Å². The monoisotopic (exact) mass is 490 g/mol. The van der Waals surface area contributed by atoms with Crippen molar-refractivity contribution in [2.45, 2.75) is 24.3 Å². The van der Waals surface area contributed by atoms with Crippen LogP contribution in [-0.2, 0) is 21.5 Å². The number of para-hydroxylation sites is 1. The molecule has 1 amide bonds. The molecule has 4 aromatic rings. The van der Waals surface area contributed by atoms with Crippen LogP contribution in [0, 0.1) is 0 Å². The van der Waals surface area contributed by atoms with Gasteiger partial charge in [0, 0.05) is 43.7 Å². The Labute approximate surface area is 216 Å². The first-order valence-corrected chi connectivity index (χ1v) is 13.1. The summed E-state index contributed by atoms with van der Waals surface area (Å²) in [6.45, 7) is 4.61. The van der Waals surface area contributed by atoms with Crippen molar-refractivity contribution in [3.05, 3.63) is 94.7 Å². The Morgan fingerprint density at radius 3 is 2.70 bits per heavy atom. The number of rotatable bonds is 5. The van der Waals surface area contributed by atoms with Gasteiger partial charge in [-0.1, -0.05) is 60.7 Å². The molecule has 0 radical (unpaired) electrons. The molecule has 3 heterocycles. The fraction of sp³-hybridized carbons (Fsp3) is 0.290. The maximum Gasteiger partial charge on any atom is 0.238 e. The fourth-order valence-corrected chi connectivity index (χ4v) is 6.20. The lowest BCUT2D eigenvalue weighted by Gasteiger charge is -2.26. The van der Waals surface area contributed by atoms with Crippen LogP contribution in [0.5, 0.6) is 0 Å². The molecule has 1 aromatic heterocycles. The van der Waals surface area contributed by atoms with Gasteiger partial charge < -0.3 is 9.64 Å². The number of amides is 1. The molecule has 1 saturated carbocycles. The van der Waals surface area contributed by atoms with Crippen molar-refractivity contribution in [3.63, 3.8) is 0 Å². The van der Waals surface area contributed by atoms with Crippen LogP contribution in [0.4, 0.5) is 5.69 Å². The Morgan fingerprint density at radius 1 is 1.05 bits per heavy atom. The molecule has 186 valence electrons. The van der Waals surface area contributed by atoms with E-state index in [4.69, 9.17) is 4.74 Å². The highest BCUT2D eigenvalue weighted by Gasteiger charge is 2.66. The van der Waals surface area contributed by atoms with Crippen LogP contribution in [0.15, 0.2) is 66.7 Å². The van der Waals surface area contributed by atoms with Crippen LogP contribution < -0.4 is 4.90 Å². The predicted octanol–water partition coefficient (Wildman–Crippen LogP) is 4.97. The average molecular weight is 491 g/mol. The first kappa shape index (κ1) is 22.5. The third kappa shape index (κ3) is 3.71. The summed E-state index contributed by atoms with van der Waals surface area (Å²) in [4.78, 5) is 17.5. The molecule has 1 aliphatic carbocycles. The molecule has 6 nitrogen and oxygen atoms in total. The van der Waals surface area contributed by atoms with Crippen molar-refractivity contribution in [1.82, 2.24) is 15.1 Å². The van der Waals surface area contributed by atoms with Gasteiger partial charge in [-0.25, -0.2) is 0 Å². The molecule has 1 spiro atoms. The van der Waals surface area contributed by atoms with E-state index < -0.39 is 5.41 Å². The first-order valence-electron chi connectivity index (χ1n) is 13.1. The van der Waals surface area contributed by atoms with Crippen molar-refractivity contribution in [3.8, 4) is 0 Å². The van der Waals surface area contributed by atoms with E-state index in [1.54, 1.807) is 0 Å². The summed E-state index contributed by atoms with van der Waals surface area (Å²) in [5, 5.41) is 8.87. The molecule has 0 bridgehead atoms. The lowest BCUT2D eigenvalue weighted by molar-refractivity contribution is -0.120. The van der Waals surface area contributed by atoms with Crippen LogP contribution in [0.1, 0.15) is 40.3 Å². The zero-order valence-electron chi connectivity index (χ0n) is 21.0. The number of morpholine rings is 1. The molecule has 7 rings (SSSR count). The van der Waals surface area contributed by atoms with Crippen molar-refractivity contribution < 1.29 is 9.53 Å². The number of ether oxygens (including phenoxy) is 1. The predicted molar refractivity (Wildman–Crippen MR) is 146 cm³/mol. The van der Waals surface area contributed by atoms with E-state index >= 15 is 0 Å². The summed E-state index contributed by atoms with van der Waals surface area (Å²) in [7, 11) is 1.89. The quantitative estimate of drug-likeness (QED) is 0.429. The van der Waals surface area contributed by atoms with Crippen LogP contribution in [0.25, 0.3) is 23.1 Å². The number of fused-ring (bicyclic) bond motifs is 3. The molecule has 37 heavy (non-hydrogen) atoms. The highest BCUT2D eigenvalue weighted by molar-refractivity contribution is 6.11. The van der Waals surface area contributed by atoms with Crippen molar-refractivity contribution >= 4 is 34.6 Å². The lowest BCUT2D eigenvalue weighted by atomic mass is 9.92. The number of benzene rings is 3. The van der Waals surface area contributed by atoms with Gasteiger partial charge in [-0.15, -0.1) is 0 Å². The van der Waals surface area contributed by atoms with Crippen LogP contribution in [0.2, 0.25) is 0 Å². The van der Waals surface area contributed by atoms with Crippen molar-refractivity contribution in [1.29, 1.82) is 0 Å². The standard InChI is InChI=1S/C31H30N4O2/c1-34-29-5-3-2-4-25(29)31(30(34)36)19-26(31)23-11-12-24-27(32-33-28(24)18-23)13-10-21-6-8-22(9-7-21)20-35-14-16-37-17-15-35/h2-13,18,26H,14-17,19-20H2,1H3,(H,32,33)/t26?,31-/m0/s1. The number of carbonyl (C=O) groups is 1. The Bertz CT molecular complexity index is 1520. The lowest BCUT2D eigenvalue weighted by Crippen LogP contribution is -2.35. The minimum Gasteiger partial charge on any atom is -0.379 e. The second-order valence-corrected chi connectivity index (χ2v) is 10.5. The van der Waals surface area contributed by atoms with Gasteiger partial charge in [-0.2, -0.15) is 5.10 Å².